The van der Waals surface area contributed by atoms with Crippen molar-refractivity contribution in [2.75, 3.05) is 0 Å². The Labute approximate surface area is 157 Å². The highest BCUT2D eigenvalue weighted by Gasteiger charge is 2.32. The van der Waals surface area contributed by atoms with E-state index in [-0.39, 0.29) is 27.8 Å². The predicted molar refractivity (Wildman–Crippen MR) is 96.6 cm³/mol. The molecule has 2 heterocycles. The van der Waals surface area contributed by atoms with Crippen LogP contribution in [0.15, 0.2) is 53.6 Å². The summed E-state index contributed by atoms with van der Waals surface area (Å²) in [6.07, 6.45) is 3.61. The van der Waals surface area contributed by atoms with E-state index < -0.39 is 22.6 Å². The van der Waals surface area contributed by atoms with Gasteiger partial charge in [0.05, 0.1) is 4.92 Å². The number of ether oxygens (including phenoxy) is 1. The molecule has 0 aromatic heterocycles. The van der Waals surface area contributed by atoms with Crippen molar-refractivity contribution in [2.24, 2.45) is 0 Å². The lowest BCUT2D eigenvalue weighted by Gasteiger charge is -2.16. The fraction of sp³-hybridized carbons (Fsp3) is 0.0588. The number of esters is 1. The first kappa shape index (κ1) is 18.1. The van der Waals surface area contributed by atoms with E-state index in [0.29, 0.717) is 5.56 Å². The Hall–Kier alpha value is -3.66. The maximum absolute atomic E-state index is 12.2. The molecule has 1 amide bonds. The Kier molecular flexibility index (Phi) is 4.65. The number of hydrogen-bond acceptors (Lipinski definition) is 7. The molecule has 9 nitrogen and oxygen atoms in total. The average molecular weight is 385 g/mol. The zero-order valence-electron chi connectivity index (χ0n) is 13.8. The summed E-state index contributed by atoms with van der Waals surface area (Å²) in [6.45, 7) is 1.46. The van der Waals surface area contributed by atoms with E-state index in [1.165, 1.54) is 31.2 Å². The summed E-state index contributed by atoms with van der Waals surface area (Å²) < 4.78 is 4.90. The maximum atomic E-state index is 12.2. The van der Waals surface area contributed by atoms with Crippen molar-refractivity contribution in [3.05, 3.63) is 69.2 Å². The smallest absolute Gasteiger partial charge is 0.348 e. The summed E-state index contributed by atoms with van der Waals surface area (Å²) in [4.78, 5) is 47.7. The van der Waals surface area contributed by atoms with Gasteiger partial charge in [-0.05, 0) is 30.8 Å². The minimum absolute atomic E-state index is 0.000118. The molecular weight excluding hydrogens is 374 g/mol. The Morgan fingerprint density at radius 2 is 2.04 bits per heavy atom. The van der Waals surface area contributed by atoms with Crippen molar-refractivity contribution >= 4 is 46.8 Å². The third-order valence-corrected chi connectivity index (χ3v) is 3.95. The van der Waals surface area contributed by atoms with Gasteiger partial charge in [-0.3, -0.25) is 29.9 Å². The van der Waals surface area contributed by atoms with Crippen molar-refractivity contribution in [3.8, 4) is 0 Å². The topological polar surface area (TPSA) is 119 Å². The summed E-state index contributed by atoms with van der Waals surface area (Å²) in [5.74, 6) is -1.86. The number of nitrogens with one attached hydrogen (secondary N) is 1. The Morgan fingerprint density at radius 1 is 1.30 bits per heavy atom. The molecule has 0 radical (unpaired) electrons. The Morgan fingerprint density at radius 3 is 2.70 bits per heavy atom. The van der Waals surface area contributed by atoms with E-state index in [9.17, 15) is 24.5 Å². The monoisotopic (exact) mass is 385 g/mol. The van der Waals surface area contributed by atoms with Gasteiger partial charge in [0.15, 0.2) is 10.9 Å². The van der Waals surface area contributed by atoms with Crippen molar-refractivity contribution in [3.63, 3.8) is 0 Å². The number of thiocarbonyl (C=S) groups is 1. The van der Waals surface area contributed by atoms with Crippen LogP contribution >= 0.6 is 12.2 Å². The number of non-ortho nitro benzene ring substituents is 1. The number of ketones is 1. The summed E-state index contributed by atoms with van der Waals surface area (Å²) in [5.41, 5.74) is -0.0816. The van der Waals surface area contributed by atoms with Gasteiger partial charge in [0.1, 0.15) is 17.0 Å². The van der Waals surface area contributed by atoms with Crippen LogP contribution in [0.2, 0.25) is 0 Å². The number of carbonyl (C=O) groups is 3. The van der Waals surface area contributed by atoms with Crippen LogP contribution in [0.1, 0.15) is 12.5 Å². The number of carbonyl (C=O) groups excluding carboxylic acids is 3. The molecule has 2 aliphatic heterocycles. The van der Waals surface area contributed by atoms with Crippen LogP contribution in [0.4, 0.5) is 5.69 Å². The molecular formula is C17H11N3O6S. The number of nitro benzene ring substituents is 1. The molecule has 0 unspecified atom stereocenters. The number of cyclic esters (lactones) is 1. The number of allylic oxidation sites excluding steroid dienone is 2. The van der Waals surface area contributed by atoms with E-state index in [1.807, 2.05) is 0 Å². The van der Waals surface area contributed by atoms with Gasteiger partial charge in [-0.25, -0.2) is 4.79 Å². The van der Waals surface area contributed by atoms with Crippen LogP contribution in [0.5, 0.6) is 0 Å². The molecule has 10 heteroatoms. The Bertz CT molecular complexity index is 1010. The van der Waals surface area contributed by atoms with Gasteiger partial charge in [-0.1, -0.05) is 12.1 Å². The summed E-state index contributed by atoms with van der Waals surface area (Å²) in [6, 6.07) is 5.62. The predicted octanol–water partition coefficient (Wildman–Crippen LogP) is 1.57. The molecule has 0 saturated carbocycles. The molecule has 1 aromatic rings. The highest BCUT2D eigenvalue weighted by molar-refractivity contribution is 7.80. The molecule has 0 atom stereocenters. The number of benzene rings is 1. The van der Waals surface area contributed by atoms with E-state index in [2.05, 4.69) is 5.32 Å². The molecule has 3 rings (SSSR count). The molecule has 1 N–H and O–H groups in total. The highest BCUT2D eigenvalue weighted by Crippen LogP contribution is 2.23. The second-order valence-corrected chi connectivity index (χ2v) is 5.95. The fourth-order valence-corrected chi connectivity index (χ4v) is 2.67. The number of nitrogens with zero attached hydrogens (tertiary/aromatic N) is 2. The van der Waals surface area contributed by atoms with Crippen molar-refractivity contribution < 1.29 is 24.0 Å². The SMILES string of the molecule is CC1=CC(=O)C(=CN2C(=S)NC(=O)C2=Cc2cccc([N+](=O)[O-])c2)C(=O)O1. The zero-order valence-corrected chi connectivity index (χ0v) is 14.6. The largest absolute Gasteiger partial charge is 0.427 e. The van der Waals surface area contributed by atoms with Crippen LogP contribution in [-0.4, -0.2) is 32.6 Å². The second kappa shape index (κ2) is 6.92. The van der Waals surface area contributed by atoms with Crippen LogP contribution in [0.3, 0.4) is 0 Å². The lowest BCUT2D eigenvalue weighted by Crippen LogP contribution is -2.27. The number of nitro groups is 1. The fourth-order valence-electron chi connectivity index (χ4n) is 2.43. The van der Waals surface area contributed by atoms with Crippen molar-refractivity contribution in [1.82, 2.24) is 10.2 Å². The molecule has 1 aromatic carbocycles. The van der Waals surface area contributed by atoms with Crippen molar-refractivity contribution in [2.45, 2.75) is 6.92 Å². The number of rotatable bonds is 3. The summed E-state index contributed by atoms with van der Waals surface area (Å²) >= 11 is 5.07. The van der Waals surface area contributed by atoms with E-state index in [0.717, 1.165) is 17.2 Å². The van der Waals surface area contributed by atoms with Gasteiger partial charge in [0.2, 0.25) is 0 Å². The van der Waals surface area contributed by atoms with E-state index in [1.54, 1.807) is 6.07 Å². The molecule has 1 fully saturated rings. The first-order valence-corrected chi connectivity index (χ1v) is 7.94. The normalized spacial score (nSPS) is 20.0. The third-order valence-electron chi connectivity index (χ3n) is 3.65. The molecule has 27 heavy (non-hydrogen) atoms. The minimum Gasteiger partial charge on any atom is -0.427 e. The van der Waals surface area contributed by atoms with Crippen LogP contribution in [0.25, 0.3) is 6.08 Å². The number of hydrogen-bond donors (Lipinski definition) is 1. The van der Waals surface area contributed by atoms with Crippen LogP contribution in [0, 0.1) is 10.1 Å². The van der Waals surface area contributed by atoms with Gasteiger partial charge in [0.25, 0.3) is 11.6 Å². The maximum Gasteiger partial charge on any atom is 0.348 e. The molecule has 0 aliphatic carbocycles. The molecule has 1 saturated heterocycles. The molecule has 0 spiro atoms. The lowest BCUT2D eigenvalue weighted by atomic mass is 10.1. The van der Waals surface area contributed by atoms with E-state index in [4.69, 9.17) is 17.0 Å². The molecule has 136 valence electrons. The van der Waals surface area contributed by atoms with Gasteiger partial charge >= 0.3 is 5.97 Å². The minimum atomic E-state index is -0.864. The first-order valence-electron chi connectivity index (χ1n) is 7.53. The molecule has 0 bridgehead atoms. The molecule has 2 aliphatic rings. The van der Waals surface area contributed by atoms with E-state index >= 15 is 0 Å². The lowest BCUT2D eigenvalue weighted by molar-refractivity contribution is -0.384. The second-order valence-electron chi connectivity index (χ2n) is 5.56. The Balaban J connectivity index is 2.03. The quantitative estimate of drug-likeness (QED) is 0.208. The van der Waals surface area contributed by atoms with Gasteiger partial charge in [0, 0.05) is 24.4 Å². The summed E-state index contributed by atoms with van der Waals surface area (Å²) in [7, 11) is 0. The first-order chi connectivity index (χ1) is 12.8. The third kappa shape index (κ3) is 3.65. The van der Waals surface area contributed by atoms with Gasteiger partial charge in [-0.15, -0.1) is 0 Å². The zero-order chi connectivity index (χ0) is 19.7. The van der Waals surface area contributed by atoms with Gasteiger partial charge < -0.3 is 4.74 Å². The number of amides is 1. The van der Waals surface area contributed by atoms with Crippen LogP contribution in [-0.2, 0) is 19.1 Å². The summed E-state index contributed by atoms with van der Waals surface area (Å²) in [5, 5.41) is 13.3. The van der Waals surface area contributed by atoms with Crippen molar-refractivity contribution in [1.29, 1.82) is 0 Å². The highest BCUT2D eigenvalue weighted by atomic mass is 32.1. The van der Waals surface area contributed by atoms with Crippen LogP contribution < -0.4 is 5.32 Å². The standard InChI is InChI=1S/C17H11N3O6S/c1-9-5-14(21)12(16(23)26-9)8-19-13(15(22)18-17(19)27)7-10-3-2-4-11(6-10)20(24)25/h2-8H,1H3,(H,18,22,27). The van der Waals surface area contributed by atoms with Gasteiger partial charge in [-0.2, -0.15) is 0 Å². The average Bonchev–Trinajstić information content (AvgIpc) is 2.84.